The minimum absolute atomic E-state index is 0.104. The average Bonchev–Trinajstić information content (AvgIpc) is 2.75. The third kappa shape index (κ3) is 5.82. The Morgan fingerprint density at radius 2 is 1.87 bits per heavy atom. The van der Waals surface area contributed by atoms with E-state index >= 15 is 0 Å². The van der Waals surface area contributed by atoms with E-state index in [9.17, 15) is 18.8 Å². The monoisotopic (exact) mass is 413 g/mol. The van der Waals surface area contributed by atoms with E-state index in [0.717, 1.165) is 5.56 Å². The van der Waals surface area contributed by atoms with E-state index in [0.29, 0.717) is 31.6 Å². The van der Waals surface area contributed by atoms with Gasteiger partial charge in [-0.15, -0.1) is 0 Å². The molecule has 0 saturated carbocycles. The van der Waals surface area contributed by atoms with Crippen LogP contribution < -0.4 is 10.6 Å². The average molecular weight is 413 g/mol. The number of benzene rings is 1. The summed E-state index contributed by atoms with van der Waals surface area (Å²) in [5, 5.41) is 5.62. The van der Waals surface area contributed by atoms with E-state index in [1.165, 1.54) is 37.6 Å². The van der Waals surface area contributed by atoms with Crippen molar-refractivity contribution in [2.75, 3.05) is 13.1 Å². The molecule has 2 aromatic rings. The number of likely N-dealkylation sites (tertiary alicyclic amines) is 1. The molecule has 1 atom stereocenters. The number of carbonyl (C=O) groups is 3. The largest absolute Gasteiger partial charge is 0.351 e. The summed E-state index contributed by atoms with van der Waals surface area (Å²) >= 11 is 0. The molecule has 1 aliphatic heterocycles. The maximum absolute atomic E-state index is 13.1. The number of hydrogen-bond acceptors (Lipinski definition) is 5. The fraction of sp³-hybridized carbons (Fsp3) is 0.381. The van der Waals surface area contributed by atoms with Gasteiger partial charge in [0, 0.05) is 44.9 Å². The summed E-state index contributed by atoms with van der Waals surface area (Å²) in [4.78, 5) is 46.4. The lowest BCUT2D eigenvalue weighted by atomic mass is 10.0. The van der Waals surface area contributed by atoms with Crippen LogP contribution in [-0.4, -0.2) is 57.8 Å². The Kier molecular flexibility index (Phi) is 7.05. The van der Waals surface area contributed by atoms with Crippen LogP contribution in [0, 0.1) is 5.82 Å². The third-order valence-electron chi connectivity index (χ3n) is 4.96. The Hall–Kier alpha value is -3.36. The molecule has 0 aliphatic carbocycles. The van der Waals surface area contributed by atoms with Gasteiger partial charge in [0.25, 0.3) is 5.91 Å². The molecule has 8 nitrogen and oxygen atoms in total. The number of nitrogens with zero attached hydrogens (tertiary/aromatic N) is 3. The second kappa shape index (κ2) is 9.91. The Morgan fingerprint density at radius 3 is 2.47 bits per heavy atom. The van der Waals surface area contributed by atoms with Crippen molar-refractivity contribution in [3.05, 3.63) is 59.9 Å². The number of amides is 3. The molecule has 2 N–H and O–H groups in total. The van der Waals surface area contributed by atoms with Gasteiger partial charge in [-0.05, 0) is 30.5 Å². The quantitative estimate of drug-likeness (QED) is 0.738. The van der Waals surface area contributed by atoms with Gasteiger partial charge in [0.2, 0.25) is 11.8 Å². The molecule has 1 saturated heterocycles. The topological polar surface area (TPSA) is 104 Å². The molecule has 0 spiro atoms. The lowest BCUT2D eigenvalue weighted by molar-refractivity contribution is -0.128. The van der Waals surface area contributed by atoms with Crippen LogP contribution in [0.15, 0.2) is 42.9 Å². The van der Waals surface area contributed by atoms with Gasteiger partial charge in [-0.25, -0.2) is 9.37 Å². The van der Waals surface area contributed by atoms with Crippen LogP contribution in [0.5, 0.6) is 0 Å². The van der Waals surface area contributed by atoms with Crippen LogP contribution in [0.3, 0.4) is 0 Å². The van der Waals surface area contributed by atoms with Crippen molar-refractivity contribution in [2.24, 2.45) is 0 Å². The fourth-order valence-electron chi connectivity index (χ4n) is 3.41. The maximum Gasteiger partial charge on any atom is 0.274 e. The highest BCUT2D eigenvalue weighted by molar-refractivity contribution is 5.92. The minimum Gasteiger partial charge on any atom is -0.351 e. The number of piperidine rings is 1. The molecule has 1 aliphatic rings. The first-order valence-corrected chi connectivity index (χ1v) is 9.79. The van der Waals surface area contributed by atoms with E-state index in [1.54, 1.807) is 17.0 Å². The first-order chi connectivity index (χ1) is 14.4. The van der Waals surface area contributed by atoms with Gasteiger partial charge in [-0.2, -0.15) is 0 Å². The number of aromatic nitrogens is 2. The first kappa shape index (κ1) is 21.4. The van der Waals surface area contributed by atoms with Gasteiger partial charge in [-0.3, -0.25) is 19.4 Å². The van der Waals surface area contributed by atoms with E-state index in [1.807, 2.05) is 0 Å². The van der Waals surface area contributed by atoms with Gasteiger partial charge >= 0.3 is 0 Å². The summed E-state index contributed by atoms with van der Waals surface area (Å²) in [7, 11) is 0. The van der Waals surface area contributed by atoms with Crippen molar-refractivity contribution in [3.8, 4) is 0 Å². The molecule has 3 rings (SSSR count). The zero-order chi connectivity index (χ0) is 21.5. The molecule has 0 unspecified atom stereocenters. The van der Waals surface area contributed by atoms with Crippen LogP contribution in [0.2, 0.25) is 0 Å². The predicted octanol–water partition coefficient (Wildman–Crippen LogP) is 1.08. The highest BCUT2D eigenvalue weighted by atomic mass is 19.1. The summed E-state index contributed by atoms with van der Waals surface area (Å²) in [6, 6.07) is 4.96. The van der Waals surface area contributed by atoms with Crippen LogP contribution in [0.25, 0.3) is 0 Å². The normalized spacial score (nSPS) is 15.3. The predicted molar refractivity (Wildman–Crippen MR) is 107 cm³/mol. The van der Waals surface area contributed by atoms with Crippen molar-refractivity contribution in [1.29, 1.82) is 0 Å². The van der Waals surface area contributed by atoms with E-state index in [-0.39, 0.29) is 36.0 Å². The molecule has 158 valence electrons. The molecular weight excluding hydrogens is 389 g/mol. The highest BCUT2D eigenvalue weighted by Crippen LogP contribution is 2.14. The van der Waals surface area contributed by atoms with Crippen LogP contribution in [0.1, 0.15) is 35.8 Å². The lowest BCUT2D eigenvalue weighted by Gasteiger charge is -2.33. The van der Waals surface area contributed by atoms with Crippen molar-refractivity contribution in [3.63, 3.8) is 0 Å². The van der Waals surface area contributed by atoms with Crippen molar-refractivity contribution >= 4 is 17.7 Å². The van der Waals surface area contributed by atoms with Gasteiger partial charge in [0.1, 0.15) is 17.6 Å². The van der Waals surface area contributed by atoms with Gasteiger partial charge < -0.3 is 15.5 Å². The molecule has 2 heterocycles. The summed E-state index contributed by atoms with van der Waals surface area (Å²) in [6.07, 6.45) is 5.88. The highest BCUT2D eigenvalue weighted by Gasteiger charge is 2.28. The van der Waals surface area contributed by atoms with Crippen molar-refractivity contribution in [1.82, 2.24) is 25.5 Å². The van der Waals surface area contributed by atoms with Gasteiger partial charge in [-0.1, -0.05) is 12.1 Å². The second-order valence-electron chi connectivity index (χ2n) is 7.25. The Morgan fingerprint density at radius 1 is 1.17 bits per heavy atom. The zero-order valence-electron chi connectivity index (χ0n) is 16.7. The van der Waals surface area contributed by atoms with Gasteiger partial charge in [0.15, 0.2) is 0 Å². The van der Waals surface area contributed by atoms with E-state index in [4.69, 9.17) is 0 Å². The first-order valence-electron chi connectivity index (χ1n) is 9.79. The van der Waals surface area contributed by atoms with Crippen molar-refractivity contribution < 1.29 is 18.8 Å². The number of nitrogens with one attached hydrogen (secondary N) is 2. The molecular formula is C21H24FN5O3. The number of hydrogen-bond donors (Lipinski definition) is 2. The molecule has 30 heavy (non-hydrogen) atoms. The summed E-state index contributed by atoms with van der Waals surface area (Å²) in [5.41, 5.74) is 1.04. The number of halogens is 1. The summed E-state index contributed by atoms with van der Waals surface area (Å²) < 4.78 is 13.1. The molecule has 1 aromatic carbocycles. The molecule has 3 amide bonds. The molecule has 1 aromatic heterocycles. The Labute approximate surface area is 173 Å². The molecule has 9 heteroatoms. The number of rotatable bonds is 6. The van der Waals surface area contributed by atoms with Crippen LogP contribution >= 0.6 is 0 Å². The fourth-order valence-corrected chi connectivity index (χ4v) is 3.41. The maximum atomic E-state index is 13.1. The van der Waals surface area contributed by atoms with Crippen LogP contribution in [0.4, 0.5) is 4.39 Å². The molecule has 1 fully saturated rings. The standard InChI is InChI=1S/C21H24FN5O3/c1-14(28)25-18(12-15-2-4-16(22)5-3-15)20(29)26-17-6-10-27(11-7-17)21(30)19-13-23-8-9-24-19/h2-5,8-9,13,17-18H,6-7,10-12H2,1H3,(H,25,28)(H,26,29)/t18-/m0/s1. The molecule has 0 bridgehead atoms. The summed E-state index contributed by atoms with van der Waals surface area (Å²) in [5.74, 6) is -1.16. The Bertz CT molecular complexity index is 883. The summed E-state index contributed by atoms with van der Waals surface area (Å²) in [6.45, 7) is 2.33. The minimum atomic E-state index is -0.757. The lowest BCUT2D eigenvalue weighted by Crippen LogP contribution is -2.53. The Balaban J connectivity index is 1.55. The third-order valence-corrected chi connectivity index (χ3v) is 4.96. The van der Waals surface area contributed by atoms with Gasteiger partial charge in [0.05, 0.1) is 6.20 Å². The van der Waals surface area contributed by atoms with E-state index in [2.05, 4.69) is 20.6 Å². The second-order valence-corrected chi connectivity index (χ2v) is 7.25. The van der Waals surface area contributed by atoms with E-state index < -0.39 is 6.04 Å². The molecule has 0 radical (unpaired) electrons. The van der Waals surface area contributed by atoms with Crippen molar-refractivity contribution in [2.45, 2.75) is 38.3 Å². The SMILES string of the molecule is CC(=O)N[C@@H](Cc1ccc(F)cc1)C(=O)NC1CCN(C(=O)c2cnccn2)CC1. The zero-order valence-corrected chi connectivity index (χ0v) is 16.7. The number of carbonyl (C=O) groups excluding carboxylic acids is 3. The smallest absolute Gasteiger partial charge is 0.274 e. The van der Waals surface area contributed by atoms with Crippen LogP contribution in [-0.2, 0) is 16.0 Å².